The van der Waals surface area contributed by atoms with Gasteiger partial charge in [-0.1, -0.05) is 31.0 Å². The molecule has 1 rings (SSSR count). The average molecular weight is 241 g/mol. The molecule has 1 aromatic carbocycles. The van der Waals surface area contributed by atoms with Crippen LogP contribution in [-0.2, 0) is 6.42 Å². The predicted octanol–water partition coefficient (Wildman–Crippen LogP) is 4.20. The molecule has 0 aliphatic rings. The summed E-state index contributed by atoms with van der Waals surface area (Å²) in [4.78, 5) is 0. The molecule has 2 atom stereocenters. The zero-order valence-corrected chi connectivity index (χ0v) is 11.3. The fourth-order valence-electron chi connectivity index (χ4n) is 1.98. The van der Waals surface area contributed by atoms with Gasteiger partial charge < -0.3 is 4.74 Å². The van der Waals surface area contributed by atoms with E-state index >= 15 is 0 Å². The lowest BCUT2D eigenvalue weighted by Gasteiger charge is -2.19. The summed E-state index contributed by atoms with van der Waals surface area (Å²) in [5.74, 6) is 1.48. The van der Waals surface area contributed by atoms with E-state index in [-0.39, 0.29) is 5.38 Å². The van der Waals surface area contributed by atoms with Gasteiger partial charge in [0, 0.05) is 5.38 Å². The normalized spacial score (nSPS) is 14.6. The van der Waals surface area contributed by atoms with E-state index in [1.54, 1.807) is 7.11 Å². The molecule has 2 heteroatoms. The largest absolute Gasteiger partial charge is 0.496 e. The van der Waals surface area contributed by atoms with Crippen LogP contribution < -0.4 is 4.74 Å². The molecule has 0 saturated carbocycles. The number of alkyl halides is 1. The second kappa shape index (κ2) is 6.15. The maximum Gasteiger partial charge on any atom is 0.122 e. The van der Waals surface area contributed by atoms with Crippen molar-refractivity contribution >= 4 is 11.6 Å². The maximum atomic E-state index is 6.19. The van der Waals surface area contributed by atoms with Crippen LogP contribution in [0.15, 0.2) is 18.2 Å². The van der Waals surface area contributed by atoms with E-state index in [1.165, 1.54) is 11.1 Å². The number of hydrogen-bond donors (Lipinski definition) is 0. The van der Waals surface area contributed by atoms with E-state index in [0.29, 0.717) is 5.92 Å². The van der Waals surface area contributed by atoms with Gasteiger partial charge in [-0.15, -0.1) is 11.6 Å². The number of halogens is 1. The van der Waals surface area contributed by atoms with Crippen molar-refractivity contribution in [2.24, 2.45) is 5.92 Å². The molecule has 2 unspecified atom stereocenters. The average Bonchev–Trinajstić information content (AvgIpc) is 2.25. The first kappa shape index (κ1) is 13.4. The maximum absolute atomic E-state index is 6.19. The summed E-state index contributed by atoms with van der Waals surface area (Å²) in [6, 6.07) is 6.31. The quantitative estimate of drug-likeness (QED) is 0.701. The third-order valence-corrected chi connectivity index (χ3v) is 3.45. The topological polar surface area (TPSA) is 9.23 Å². The van der Waals surface area contributed by atoms with Crippen molar-refractivity contribution in [1.29, 1.82) is 0 Å². The lowest BCUT2D eigenvalue weighted by molar-refractivity contribution is 0.401. The molecule has 0 aromatic heterocycles. The van der Waals surface area contributed by atoms with Crippen molar-refractivity contribution in [2.45, 2.75) is 39.0 Å². The van der Waals surface area contributed by atoms with Crippen LogP contribution in [0.3, 0.4) is 0 Å². The van der Waals surface area contributed by atoms with E-state index in [1.807, 2.05) is 6.07 Å². The van der Waals surface area contributed by atoms with Gasteiger partial charge in [0.1, 0.15) is 5.75 Å². The van der Waals surface area contributed by atoms with Gasteiger partial charge in [0.2, 0.25) is 0 Å². The van der Waals surface area contributed by atoms with E-state index < -0.39 is 0 Å². The van der Waals surface area contributed by atoms with Crippen molar-refractivity contribution in [3.8, 4) is 5.75 Å². The van der Waals surface area contributed by atoms with Crippen LogP contribution in [0.2, 0.25) is 0 Å². The van der Waals surface area contributed by atoms with Crippen LogP contribution in [-0.4, -0.2) is 12.5 Å². The molecule has 0 fully saturated rings. The number of rotatable bonds is 5. The summed E-state index contributed by atoms with van der Waals surface area (Å²) in [6.45, 7) is 6.36. The molecule has 0 aliphatic heterocycles. The van der Waals surface area contributed by atoms with E-state index in [9.17, 15) is 0 Å². The van der Waals surface area contributed by atoms with Gasteiger partial charge >= 0.3 is 0 Å². The molecule has 0 bridgehead atoms. The lowest BCUT2D eigenvalue weighted by atomic mass is 9.93. The Morgan fingerprint density at radius 2 is 2.06 bits per heavy atom. The Bertz CT molecular complexity index is 334. The van der Waals surface area contributed by atoms with Gasteiger partial charge in [0.05, 0.1) is 7.11 Å². The lowest BCUT2D eigenvalue weighted by Crippen LogP contribution is -2.14. The van der Waals surface area contributed by atoms with Gasteiger partial charge in [-0.2, -0.15) is 0 Å². The Hall–Kier alpha value is -0.690. The van der Waals surface area contributed by atoms with Crippen LogP contribution in [0, 0.1) is 12.8 Å². The number of benzene rings is 1. The fourth-order valence-corrected chi connectivity index (χ4v) is 2.25. The fraction of sp³-hybridized carbons (Fsp3) is 0.571. The van der Waals surface area contributed by atoms with Crippen LogP contribution in [0.5, 0.6) is 5.75 Å². The van der Waals surface area contributed by atoms with Crippen molar-refractivity contribution in [3.05, 3.63) is 29.3 Å². The minimum atomic E-state index is 0.204. The molecule has 16 heavy (non-hydrogen) atoms. The Labute approximate surface area is 104 Å². The first-order valence-electron chi connectivity index (χ1n) is 5.86. The number of aryl methyl sites for hydroxylation is 1. The molecule has 0 N–H and O–H groups in total. The monoisotopic (exact) mass is 240 g/mol. The Morgan fingerprint density at radius 1 is 1.38 bits per heavy atom. The van der Waals surface area contributed by atoms with Gasteiger partial charge in [0.15, 0.2) is 0 Å². The van der Waals surface area contributed by atoms with E-state index in [4.69, 9.17) is 16.3 Å². The van der Waals surface area contributed by atoms with Crippen molar-refractivity contribution < 1.29 is 4.74 Å². The van der Waals surface area contributed by atoms with Gasteiger partial charge in [0.25, 0.3) is 0 Å². The zero-order valence-electron chi connectivity index (χ0n) is 10.6. The van der Waals surface area contributed by atoms with E-state index in [0.717, 1.165) is 18.6 Å². The Balaban J connectivity index is 2.89. The number of ether oxygens (including phenoxy) is 1. The molecule has 0 amide bonds. The smallest absolute Gasteiger partial charge is 0.122 e. The summed E-state index contributed by atoms with van der Waals surface area (Å²) in [5, 5.41) is 0.204. The van der Waals surface area contributed by atoms with Crippen molar-refractivity contribution in [3.63, 3.8) is 0 Å². The Morgan fingerprint density at radius 3 is 2.56 bits per heavy atom. The van der Waals surface area contributed by atoms with Crippen LogP contribution >= 0.6 is 11.6 Å². The van der Waals surface area contributed by atoms with Crippen LogP contribution in [0.1, 0.15) is 31.4 Å². The highest BCUT2D eigenvalue weighted by molar-refractivity contribution is 6.20. The second-order valence-corrected chi connectivity index (χ2v) is 5.05. The highest BCUT2D eigenvalue weighted by Gasteiger charge is 2.15. The van der Waals surface area contributed by atoms with E-state index in [2.05, 4.69) is 32.9 Å². The molecule has 0 radical (unpaired) electrons. The summed E-state index contributed by atoms with van der Waals surface area (Å²) in [5.41, 5.74) is 2.54. The first-order chi connectivity index (χ1) is 7.58. The zero-order chi connectivity index (χ0) is 12.1. The predicted molar refractivity (Wildman–Crippen MR) is 70.5 cm³/mol. The highest BCUT2D eigenvalue weighted by atomic mass is 35.5. The van der Waals surface area contributed by atoms with Crippen molar-refractivity contribution in [1.82, 2.24) is 0 Å². The van der Waals surface area contributed by atoms with Crippen molar-refractivity contribution in [2.75, 3.05) is 7.11 Å². The molecular formula is C14H21ClO. The third kappa shape index (κ3) is 3.41. The Kier molecular flexibility index (Phi) is 5.14. The molecule has 0 spiro atoms. The van der Waals surface area contributed by atoms with Gasteiger partial charge in [-0.05, 0) is 37.8 Å². The molecule has 1 aromatic rings. The number of hydrogen-bond acceptors (Lipinski definition) is 1. The molecule has 90 valence electrons. The molecule has 0 aliphatic carbocycles. The molecule has 0 heterocycles. The first-order valence-corrected chi connectivity index (χ1v) is 6.29. The third-order valence-electron chi connectivity index (χ3n) is 3.09. The van der Waals surface area contributed by atoms with Gasteiger partial charge in [-0.25, -0.2) is 0 Å². The summed E-state index contributed by atoms with van der Waals surface area (Å²) in [7, 11) is 1.72. The minimum absolute atomic E-state index is 0.204. The summed E-state index contributed by atoms with van der Waals surface area (Å²) in [6.07, 6.45) is 2.09. The van der Waals surface area contributed by atoms with Crippen LogP contribution in [0.4, 0.5) is 0 Å². The van der Waals surface area contributed by atoms with Crippen LogP contribution in [0.25, 0.3) is 0 Å². The molecule has 0 saturated heterocycles. The SMILES string of the molecule is CCC(Cc1cc(C)ccc1OC)C(C)Cl. The minimum Gasteiger partial charge on any atom is -0.496 e. The summed E-state index contributed by atoms with van der Waals surface area (Å²) >= 11 is 6.19. The number of methoxy groups -OCH3 is 1. The molecule has 1 nitrogen and oxygen atoms in total. The second-order valence-electron chi connectivity index (χ2n) is 4.37. The standard InChI is InChI=1S/C14H21ClO/c1-5-12(11(3)15)9-13-8-10(2)6-7-14(13)16-4/h6-8,11-12H,5,9H2,1-4H3. The highest BCUT2D eigenvalue weighted by Crippen LogP contribution is 2.26. The molecular weight excluding hydrogens is 220 g/mol. The summed E-state index contributed by atoms with van der Waals surface area (Å²) < 4.78 is 5.38. The van der Waals surface area contributed by atoms with Gasteiger partial charge in [-0.3, -0.25) is 0 Å².